The van der Waals surface area contributed by atoms with E-state index in [1.807, 2.05) is 13.8 Å². The minimum atomic E-state index is -0.719. The van der Waals surface area contributed by atoms with E-state index in [0.717, 1.165) is 23.3 Å². The number of fused-ring (bicyclic) bond motifs is 1. The smallest absolute Gasteiger partial charge is 0.262 e. The highest BCUT2D eigenvalue weighted by atomic mass is 32.2. The van der Waals surface area contributed by atoms with Gasteiger partial charge in [0.05, 0.1) is 17.2 Å². The summed E-state index contributed by atoms with van der Waals surface area (Å²) in [5.41, 5.74) is 0.168. The van der Waals surface area contributed by atoms with Gasteiger partial charge in [-0.2, -0.15) is 5.26 Å². The van der Waals surface area contributed by atoms with Crippen molar-refractivity contribution in [3.8, 4) is 6.07 Å². The van der Waals surface area contributed by atoms with E-state index in [-0.39, 0.29) is 17.2 Å². The summed E-state index contributed by atoms with van der Waals surface area (Å²) in [7, 11) is 1.68. The Hall–Kier alpha value is -1.85. The van der Waals surface area contributed by atoms with Gasteiger partial charge < -0.3 is 5.32 Å². The van der Waals surface area contributed by atoms with Gasteiger partial charge in [-0.1, -0.05) is 11.8 Å². The van der Waals surface area contributed by atoms with Gasteiger partial charge in [-0.15, -0.1) is 11.3 Å². The van der Waals surface area contributed by atoms with E-state index in [1.54, 1.807) is 7.05 Å². The Labute approximate surface area is 154 Å². The lowest BCUT2D eigenvalue weighted by Crippen LogP contribution is -2.45. The number of thiophene rings is 1. The molecule has 0 atom stereocenters. The van der Waals surface area contributed by atoms with Crippen molar-refractivity contribution in [3.05, 3.63) is 20.8 Å². The third-order valence-electron chi connectivity index (χ3n) is 4.75. The molecule has 1 amide bonds. The van der Waals surface area contributed by atoms with Gasteiger partial charge in [-0.25, -0.2) is 4.98 Å². The van der Waals surface area contributed by atoms with Gasteiger partial charge in [0, 0.05) is 11.9 Å². The van der Waals surface area contributed by atoms with E-state index in [9.17, 15) is 14.9 Å². The Bertz CT molecular complexity index is 933. The summed E-state index contributed by atoms with van der Waals surface area (Å²) in [4.78, 5) is 31.2. The zero-order valence-electron chi connectivity index (χ0n) is 14.5. The van der Waals surface area contributed by atoms with E-state index >= 15 is 0 Å². The molecule has 2 aromatic heterocycles. The molecule has 6 nitrogen and oxygen atoms in total. The molecule has 0 radical (unpaired) electrons. The van der Waals surface area contributed by atoms with Crippen molar-refractivity contribution in [2.75, 3.05) is 5.75 Å². The van der Waals surface area contributed by atoms with E-state index in [2.05, 4.69) is 16.4 Å². The molecule has 0 spiro atoms. The molecule has 1 N–H and O–H groups in total. The van der Waals surface area contributed by atoms with Crippen molar-refractivity contribution in [1.82, 2.24) is 14.9 Å². The number of aryl methyl sites for hydroxylation is 2. The van der Waals surface area contributed by atoms with Crippen LogP contribution in [-0.4, -0.2) is 26.8 Å². The fourth-order valence-corrected chi connectivity index (χ4v) is 5.00. The van der Waals surface area contributed by atoms with Crippen molar-refractivity contribution in [2.45, 2.75) is 50.2 Å². The first-order valence-electron chi connectivity index (χ1n) is 8.19. The van der Waals surface area contributed by atoms with Gasteiger partial charge in [-0.3, -0.25) is 14.2 Å². The number of nitriles is 1. The number of nitrogens with one attached hydrogen (secondary N) is 1. The fourth-order valence-electron chi connectivity index (χ4n) is 3.16. The zero-order valence-corrected chi connectivity index (χ0v) is 16.1. The summed E-state index contributed by atoms with van der Waals surface area (Å²) in [5.74, 6) is -0.0558. The molecule has 0 aliphatic heterocycles. The van der Waals surface area contributed by atoms with Crippen molar-refractivity contribution in [2.24, 2.45) is 7.05 Å². The maximum atomic E-state index is 12.6. The summed E-state index contributed by atoms with van der Waals surface area (Å²) in [6, 6.07) is 2.25. The Morgan fingerprint density at radius 2 is 2.12 bits per heavy atom. The minimum absolute atomic E-state index is 0.0842. The van der Waals surface area contributed by atoms with Gasteiger partial charge in [0.25, 0.3) is 5.56 Å². The van der Waals surface area contributed by atoms with E-state index in [1.165, 1.54) is 27.7 Å². The van der Waals surface area contributed by atoms with Gasteiger partial charge in [0.2, 0.25) is 5.91 Å². The topological polar surface area (TPSA) is 87.8 Å². The third-order valence-corrected chi connectivity index (χ3v) is 6.88. The average Bonchev–Trinajstić information content (AvgIpc) is 3.15. The SMILES string of the molecule is Cc1sc2nc(SCC(=O)NC3(C#N)CCCC3)n(C)c(=O)c2c1C. The van der Waals surface area contributed by atoms with Crippen molar-refractivity contribution >= 4 is 39.2 Å². The van der Waals surface area contributed by atoms with Crippen LogP contribution < -0.4 is 10.9 Å². The normalized spacial score (nSPS) is 16.1. The lowest BCUT2D eigenvalue weighted by Gasteiger charge is -2.21. The number of carbonyl (C=O) groups excluding carboxylic acids is 1. The number of amides is 1. The van der Waals surface area contributed by atoms with Crippen LogP contribution in [0.4, 0.5) is 0 Å². The number of carbonyl (C=O) groups is 1. The molecule has 0 aromatic carbocycles. The summed E-state index contributed by atoms with van der Waals surface area (Å²) in [6.07, 6.45) is 3.34. The van der Waals surface area contributed by atoms with Crippen LogP contribution in [0.15, 0.2) is 9.95 Å². The number of aromatic nitrogens is 2. The Kier molecular flexibility index (Phi) is 4.89. The fraction of sp³-hybridized carbons (Fsp3) is 0.529. The number of thioether (sulfide) groups is 1. The highest BCUT2D eigenvalue weighted by molar-refractivity contribution is 7.99. The molecule has 1 aliphatic rings. The molecule has 132 valence electrons. The second-order valence-electron chi connectivity index (χ2n) is 6.46. The Morgan fingerprint density at radius 1 is 1.44 bits per heavy atom. The van der Waals surface area contributed by atoms with Crippen LogP contribution in [0.1, 0.15) is 36.1 Å². The van der Waals surface area contributed by atoms with Crippen LogP contribution in [0.5, 0.6) is 0 Å². The number of nitrogens with zero attached hydrogens (tertiary/aromatic N) is 3. The standard InChI is InChI=1S/C17H20N4O2S2/c1-10-11(2)25-14-13(10)15(23)21(3)16(19-14)24-8-12(22)20-17(9-18)6-4-5-7-17/h4-8H2,1-3H3,(H,20,22). The predicted octanol–water partition coefficient (Wildman–Crippen LogP) is 2.66. The lowest BCUT2D eigenvalue weighted by atomic mass is 10.0. The zero-order chi connectivity index (χ0) is 18.2. The summed E-state index contributed by atoms with van der Waals surface area (Å²) in [6.45, 7) is 3.91. The Balaban J connectivity index is 1.77. The molecule has 2 heterocycles. The molecular formula is C17H20N4O2S2. The molecule has 1 saturated carbocycles. The number of hydrogen-bond acceptors (Lipinski definition) is 6. The molecule has 8 heteroatoms. The largest absolute Gasteiger partial charge is 0.337 e. The van der Waals surface area contributed by atoms with Gasteiger partial charge in [0.15, 0.2) is 5.16 Å². The highest BCUT2D eigenvalue weighted by Crippen LogP contribution is 2.30. The number of hydrogen-bond donors (Lipinski definition) is 1. The maximum Gasteiger partial charge on any atom is 0.262 e. The van der Waals surface area contributed by atoms with Crippen LogP contribution in [-0.2, 0) is 11.8 Å². The van der Waals surface area contributed by atoms with E-state index in [0.29, 0.717) is 28.2 Å². The molecule has 0 unspecified atom stereocenters. The minimum Gasteiger partial charge on any atom is -0.337 e. The molecule has 25 heavy (non-hydrogen) atoms. The highest BCUT2D eigenvalue weighted by Gasteiger charge is 2.35. The van der Waals surface area contributed by atoms with Gasteiger partial charge >= 0.3 is 0 Å². The lowest BCUT2D eigenvalue weighted by molar-refractivity contribution is -0.119. The van der Waals surface area contributed by atoms with Crippen molar-refractivity contribution < 1.29 is 4.79 Å². The second-order valence-corrected chi connectivity index (χ2v) is 8.61. The first kappa shape index (κ1) is 18.0. The first-order chi connectivity index (χ1) is 11.9. The summed E-state index contributed by atoms with van der Waals surface area (Å²) >= 11 is 2.73. The van der Waals surface area contributed by atoms with Crippen LogP contribution >= 0.6 is 23.1 Å². The molecule has 2 aromatic rings. The monoisotopic (exact) mass is 376 g/mol. The second kappa shape index (κ2) is 6.81. The van der Waals surface area contributed by atoms with E-state index < -0.39 is 5.54 Å². The third kappa shape index (κ3) is 3.31. The number of rotatable bonds is 4. The summed E-state index contributed by atoms with van der Waals surface area (Å²) < 4.78 is 1.50. The van der Waals surface area contributed by atoms with Gasteiger partial charge in [0.1, 0.15) is 10.4 Å². The van der Waals surface area contributed by atoms with Gasteiger partial charge in [-0.05, 0) is 45.1 Å². The predicted molar refractivity (Wildman–Crippen MR) is 100 cm³/mol. The molecule has 0 saturated heterocycles. The quantitative estimate of drug-likeness (QED) is 0.655. The van der Waals surface area contributed by atoms with Crippen LogP contribution in [0.3, 0.4) is 0 Å². The van der Waals surface area contributed by atoms with Crippen LogP contribution in [0.25, 0.3) is 10.2 Å². The van der Waals surface area contributed by atoms with E-state index in [4.69, 9.17) is 0 Å². The molecule has 1 aliphatic carbocycles. The molecule has 3 rings (SSSR count). The molecular weight excluding hydrogens is 356 g/mol. The molecule has 0 bridgehead atoms. The van der Waals surface area contributed by atoms with Crippen LogP contribution in [0, 0.1) is 25.2 Å². The van der Waals surface area contributed by atoms with Crippen molar-refractivity contribution in [1.29, 1.82) is 5.26 Å². The Morgan fingerprint density at radius 3 is 2.76 bits per heavy atom. The first-order valence-corrected chi connectivity index (χ1v) is 9.99. The average molecular weight is 377 g/mol. The molecule has 1 fully saturated rings. The summed E-state index contributed by atoms with van der Waals surface area (Å²) in [5, 5.41) is 13.4. The maximum absolute atomic E-state index is 12.6. The van der Waals surface area contributed by atoms with Crippen LogP contribution in [0.2, 0.25) is 0 Å². The van der Waals surface area contributed by atoms with Crippen molar-refractivity contribution in [3.63, 3.8) is 0 Å².